The summed E-state index contributed by atoms with van der Waals surface area (Å²) >= 11 is 0. The van der Waals surface area contributed by atoms with Crippen molar-refractivity contribution in [3.05, 3.63) is 24.3 Å². The van der Waals surface area contributed by atoms with Crippen molar-refractivity contribution in [1.29, 1.82) is 0 Å². The third-order valence-corrected chi connectivity index (χ3v) is 2.75. The van der Waals surface area contributed by atoms with E-state index in [4.69, 9.17) is 0 Å². The molecule has 0 atom stereocenters. The number of aromatic nitrogens is 2. The van der Waals surface area contributed by atoms with Gasteiger partial charge in [-0.25, -0.2) is 0 Å². The summed E-state index contributed by atoms with van der Waals surface area (Å²) in [6.07, 6.45) is 10.5. The molecule has 0 N–H and O–H groups in total. The maximum Gasteiger partial charge on any atom is 0.0599 e. The van der Waals surface area contributed by atoms with E-state index in [9.17, 15) is 0 Å². The van der Waals surface area contributed by atoms with E-state index < -0.39 is 0 Å². The summed E-state index contributed by atoms with van der Waals surface area (Å²) < 4.78 is 0. The number of rotatable bonds is 3. The average molecular weight is 191 g/mol. The Kier molecular flexibility index (Phi) is 3.46. The largest absolute Gasteiger partial charge is 0.303 e. The lowest BCUT2D eigenvalue weighted by Crippen LogP contribution is -2.31. The predicted molar refractivity (Wildman–Crippen MR) is 56.0 cm³/mol. The minimum absolute atomic E-state index is 1.04. The van der Waals surface area contributed by atoms with Gasteiger partial charge in [0, 0.05) is 31.6 Å². The van der Waals surface area contributed by atoms with Gasteiger partial charge >= 0.3 is 0 Å². The zero-order valence-electron chi connectivity index (χ0n) is 8.52. The molecule has 2 rings (SSSR count). The first-order valence-corrected chi connectivity index (χ1v) is 5.42. The molecule has 14 heavy (non-hydrogen) atoms. The molecule has 1 saturated heterocycles. The van der Waals surface area contributed by atoms with Crippen molar-refractivity contribution in [2.24, 2.45) is 0 Å². The van der Waals surface area contributed by atoms with Crippen LogP contribution in [0.25, 0.3) is 0 Å². The van der Waals surface area contributed by atoms with E-state index in [0.717, 1.165) is 18.7 Å². The summed E-state index contributed by atoms with van der Waals surface area (Å²) in [5.74, 6) is 0. The van der Waals surface area contributed by atoms with Gasteiger partial charge in [0.25, 0.3) is 0 Å². The molecule has 0 unspecified atom stereocenters. The Balaban J connectivity index is 1.76. The van der Waals surface area contributed by atoms with Crippen molar-refractivity contribution in [3.63, 3.8) is 0 Å². The molecule has 3 heteroatoms. The molecule has 0 radical (unpaired) electrons. The van der Waals surface area contributed by atoms with Gasteiger partial charge in [-0.1, -0.05) is 6.42 Å². The van der Waals surface area contributed by atoms with Crippen molar-refractivity contribution in [2.45, 2.75) is 25.7 Å². The third kappa shape index (κ3) is 2.77. The molecular formula is C11H17N3. The minimum Gasteiger partial charge on any atom is -0.303 e. The molecule has 0 spiro atoms. The van der Waals surface area contributed by atoms with E-state index in [1.165, 1.54) is 32.4 Å². The SMILES string of the molecule is c1cnc(CCN2CCCCC2)cn1. The molecule has 1 aromatic rings. The lowest BCUT2D eigenvalue weighted by Gasteiger charge is -2.25. The lowest BCUT2D eigenvalue weighted by molar-refractivity contribution is 0.231. The molecule has 1 fully saturated rings. The van der Waals surface area contributed by atoms with Crippen molar-refractivity contribution >= 4 is 0 Å². The van der Waals surface area contributed by atoms with Gasteiger partial charge in [-0.15, -0.1) is 0 Å². The Bertz CT molecular complexity index is 254. The highest BCUT2D eigenvalue weighted by molar-refractivity contribution is 4.95. The summed E-state index contributed by atoms with van der Waals surface area (Å²) in [6.45, 7) is 3.67. The quantitative estimate of drug-likeness (QED) is 0.725. The standard InChI is InChI=1S/C11H17N3/c1-2-7-14(8-3-1)9-4-11-10-12-5-6-13-11/h5-6,10H,1-4,7-9H2. The van der Waals surface area contributed by atoms with Crippen LogP contribution in [0.4, 0.5) is 0 Å². The molecule has 0 amide bonds. The Morgan fingerprint density at radius 3 is 2.71 bits per heavy atom. The van der Waals surface area contributed by atoms with Crippen LogP contribution in [0.15, 0.2) is 18.6 Å². The molecule has 2 heterocycles. The fourth-order valence-electron chi connectivity index (χ4n) is 1.91. The topological polar surface area (TPSA) is 29.0 Å². The zero-order chi connectivity index (χ0) is 9.64. The van der Waals surface area contributed by atoms with E-state index in [1.54, 1.807) is 12.4 Å². The van der Waals surface area contributed by atoms with Gasteiger partial charge in [0.15, 0.2) is 0 Å². The van der Waals surface area contributed by atoms with Crippen LogP contribution in [0.1, 0.15) is 25.0 Å². The van der Waals surface area contributed by atoms with Gasteiger partial charge in [-0.3, -0.25) is 9.97 Å². The first-order chi connectivity index (χ1) is 6.95. The van der Waals surface area contributed by atoms with E-state index in [-0.39, 0.29) is 0 Å². The lowest BCUT2D eigenvalue weighted by atomic mass is 10.1. The number of likely N-dealkylation sites (tertiary alicyclic amines) is 1. The van der Waals surface area contributed by atoms with E-state index in [0.29, 0.717) is 0 Å². The third-order valence-electron chi connectivity index (χ3n) is 2.75. The molecule has 1 aliphatic rings. The first kappa shape index (κ1) is 9.59. The second-order valence-electron chi connectivity index (χ2n) is 3.85. The Morgan fingerprint density at radius 2 is 2.00 bits per heavy atom. The van der Waals surface area contributed by atoms with Crippen LogP contribution in [-0.4, -0.2) is 34.5 Å². The van der Waals surface area contributed by atoms with Gasteiger partial charge in [-0.05, 0) is 25.9 Å². The fraction of sp³-hybridized carbons (Fsp3) is 0.636. The molecule has 0 aliphatic carbocycles. The second-order valence-corrected chi connectivity index (χ2v) is 3.85. The van der Waals surface area contributed by atoms with Gasteiger partial charge in [0.1, 0.15) is 0 Å². The number of piperidine rings is 1. The van der Waals surface area contributed by atoms with Crippen LogP contribution in [0.2, 0.25) is 0 Å². The first-order valence-electron chi connectivity index (χ1n) is 5.42. The number of nitrogens with zero attached hydrogens (tertiary/aromatic N) is 3. The molecular weight excluding hydrogens is 174 g/mol. The maximum atomic E-state index is 4.27. The Labute approximate surface area is 85.2 Å². The summed E-state index contributed by atoms with van der Waals surface area (Å²) in [6, 6.07) is 0. The fourth-order valence-corrected chi connectivity index (χ4v) is 1.91. The van der Waals surface area contributed by atoms with Crippen molar-refractivity contribution < 1.29 is 0 Å². The Morgan fingerprint density at radius 1 is 1.14 bits per heavy atom. The van der Waals surface area contributed by atoms with Crippen molar-refractivity contribution in [3.8, 4) is 0 Å². The molecule has 76 valence electrons. The Hall–Kier alpha value is -0.960. The molecule has 0 aromatic carbocycles. The van der Waals surface area contributed by atoms with E-state index >= 15 is 0 Å². The van der Waals surface area contributed by atoms with Crippen LogP contribution in [0.5, 0.6) is 0 Å². The predicted octanol–water partition coefficient (Wildman–Crippen LogP) is 1.50. The van der Waals surface area contributed by atoms with E-state index in [2.05, 4.69) is 14.9 Å². The number of hydrogen-bond acceptors (Lipinski definition) is 3. The van der Waals surface area contributed by atoms with Gasteiger partial charge in [-0.2, -0.15) is 0 Å². The van der Waals surface area contributed by atoms with Crippen LogP contribution >= 0.6 is 0 Å². The summed E-state index contributed by atoms with van der Waals surface area (Å²) in [5, 5.41) is 0. The van der Waals surface area contributed by atoms with Crippen LogP contribution in [0.3, 0.4) is 0 Å². The van der Waals surface area contributed by atoms with Gasteiger partial charge in [0.05, 0.1) is 5.69 Å². The normalized spacial score (nSPS) is 18.3. The maximum absolute atomic E-state index is 4.27. The smallest absolute Gasteiger partial charge is 0.0599 e. The van der Waals surface area contributed by atoms with Crippen molar-refractivity contribution in [1.82, 2.24) is 14.9 Å². The highest BCUT2D eigenvalue weighted by atomic mass is 15.1. The van der Waals surface area contributed by atoms with Gasteiger partial charge < -0.3 is 4.90 Å². The molecule has 0 saturated carbocycles. The summed E-state index contributed by atoms with van der Waals surface area (Å²) in [5.41, 5.74) is 1.11. The molecule has 1 aliphatic heterocycles. The van der Waals surface area contributed by atoms with E-state index in [1.807, 2.05) is 6.20 Å². The van der Waals surface area contributed by atoms with Crippen LogP contribution in [0, 0.1) is 0 Å². The monoisotopic (exact) mass is 191 g/mol. The zero-order valence-corrected chi connectivity index (χ0v) is 8.52. The highest BCUT2D eigenvalue weighted by Crippen LogP contribution is 2.08. The van der Waals surface area contributed by atoms with Crippen LogP contribution < -0.4 is 0 Å². The summed E-state index contributed by atoms with van der Waals surface area (Å²) in [4.78, 5) is 10.9. The van der Waals surface area contributed by atoms with Crippen LogP contribution in [-0.2, 0) is 6.42 Å². The molecule has 0 bridgehead atoms. The highest BCUT2D eigenvalue weighted by Gasteiger charge is 2.09. The van der Waals surface area contributed by atoms with Gasteiger partial charge in [0.2, 0.25) is 0 Å². The average Bonchev–Trinajstić information content (AvgIpc) is 2.29. The molecule has 1 aromatic heterocycles. The van der Waals surface area contributed by atoms with Crippen molar-refractivity contribution in [2.75, 3.05) is 19.6 Å². The summed E-state index contributed by atoms with van der Waals surface area (Å²) in [7, 11) is 0. The molecule has 3 nitrogen and oxygen atoms in total. The number of hydrogen-bond donors (Lipinski definition) is 0. The second kappa shape index (κ2) is 5.05. The minimum atomic E-state index is 1.04.